The van der Waals surface area contributed by atoms with Gasteiger partial charge in [-0.15, -0.1) is 0 Å². The fraction of sp³-hybridized carbons (Fsp3) is 0.250. The zero-order valence-corrected chi connectivity index (χ0v) is 19.6. The third-order valence-corrected chi connectivity index (χ3v) is 6.28. The van der Waals surface area contributed by atoms with Gasteiger partial charge in [-0.3, -0.25) is 24.2 Å². The summed E-state index contributed by atoms with van der Waals surface area (Å²) in [4.78, 5) is 41.5. The first-order chi connectivity index (χ1) is 16.5. The second kappa shape index (κ2) is 10.4. The molecule has 3 aromatic carbocycles. The molecule has 1 heterocycles. The topological polar surface area (TPSA) is 69.7 Å². The number of fused-ring (bicyclic) bond motifs is 1. The van der Waals surface area contributed by atoms with Gasteiger partial charge in [0.05, 0.1) is 17.7 Å². The maximum Gasteiger partial charge on any atom is 0.261 e. The van der Waals surface area contributed by atoms with E-state index in [0.717, 1.165) is 30.8 Å². The van der Waals surface area contributed by atoms with E-state index in [2.05, 4.69) is 30.1 Å². The highest BCUT2D eigenvalue weighted by Gasteiger charge is 2.34. The fourth-order valence-electron chi connectivity index (χ4n) is 4.18. The van der Waals surface area contributed by atoms with E-state index in [-0.39, 0.29) is 24.3 Å². The molecule has 1 aliphatic heterocycles. The zero-order chi connectivity index (χ0) is 24.1. The summed E-state index contributed by atoms with van der Waals surface area (Å²) in [6.45, 7) is 7.72. The van der Waals surface area contributed by atoms with Crippen LogP contribution in [0.25, 0.3) is 0 Å². The number of rotatable bonds is 9. The monoisotopic (exact) mass is 455 g/mol. The molecule has 0 atom stereocenters. The average molecular weight is 456 g/mol. The standard InChI is InChI=1S/C28H29N3O3/c1-3-30(4-2)19-23-10-6-5-9-22(23)17-29-26(32)21-15-13-20(14-16-21)18-31-27(33)24-11-7-8-12-25(24)28(31)34/h5-16H,3-4,17-19H2,1-2H3,(H,29,32). The van der Waals surface area contributed by atoms with Crippen molar-refractivity contribution in [3.8, 4) is 0 Å². The van der Waals surface area contributed by atoms with Gasteiger partial charge in [-0.1, -0.05) is 62.4 Å². The van der Waals surface area contributed by atoms with Crippen LogP contribution < -0.4 is 5.32 Å². The van der Waals surface area contributed by atoms with E-state index in [1.807, 2.05) is 18.2 Å². The van der Waals surface area contributed by atoms with Gasteiger partial charge >= 0.3 is 0 Å². The quantitative estimate of drug-likeness (QED) is 0.490. The lowest BCUT2D eigenvalue weighted by Crippen LogP contribution is -2.29. The van der Waals surface area contributed by atoms with Crippen molar-refractivity contribution in [3.63, 3.8) is 0 Å². The number of carbonyl (C=O) groups is 3. The molecule has 1 aliphatic rings. The first kappa shape index (κ1) is 23.4. The van der Waals surface area contributed by atoms with Crippen molar-refractivity contribution in [2.45, 2.75) is 33.5 Å². The molecule has 3 amide bonds. The molecular formula is C28H29N3O3. The molecule has 0 radical (unpaired) electrons. The van der Waals surface area contributed by atoms with E-state index >= 15 is 0 Å². The van der Waals surface area contributed by atoms with Crippen LogP contribution in [0.1, 0.15) is 61.6 Å². The molecule has 0 spiro atoms. The van der Waals surface area contributed by atoms with Crippen molar-refractivity contribution >= 4 is 17.7 Å². The molecule has 6 nitrogen and oxygen atoms in total. The summed E-state index contributed by atoms with van der Waals surface area (Å²) in [5.41, 5.74) is 4.50. The van der Waals surface area contributed by atoms with E-state index in [4.69, 9.17) is 0 Å². The molecule has 0 aliphatic carbocycles. The van der Waals surface area contributed by atoms with Crippen LogP contribution in [0.2, 0.25) is 0 Å². The Hall–Kier alpha value is -3.77. The predicted octanol–water partition coefficient (Wildman–Crippen LogP) is 4.25. The molecule has 0 aromatic heterocycles. The van der Waals surface area contributed by atoms with Crippen LogP contribution in [0.5, 0.6) is 0 Å². The van der Waals surface area contributed by atoms with Gasteiger partial charge in [0, 0.05) is 18.7 Å². The first-order valence-corrected chi connectivity index (χ1v) is 11.6. The summed E-state index contributed by atoms with van der Waals surface area (Å²) in [7, 11) is 0. The molecule has 0 saturated carbocycles. The van der Waals surface area contributed by atoms with Crippen molar-refractivity contribution < 1.29 is 14.4 Å². The molecular weight excluding hydrogens is 426 g/mol. The van der Waals surface area contributed by atoms with Crippen LogP contribution >= 0.6 is 0 Å². The second-order valence-electron chi connectivity index (χ2n) is 8.35. The molecule has 1 N–H and O–H groups in total. The van der Waals surface area contributed by atoms with Crippen LogP contribution in [-0.2, 0) is 19.6 Å². The van der Waals surface area contributed by atoms with Crippen molar-refractivity contribution in [1.29, 1.82) is 0 Å². The van der Waals surface area contributed by atoms with E-state index < -0.39 is 0 Å². The Balaban J connectivity index is 1.37. The number of benzene rings is 3. The minimum absolute atomic E-state index is 0.162. The Morgan fingerprint density at radius 3 is 1.94 bits per heavy atom. The summed E-state index contributed by atoms with van der Waals surface area (Å²) >= 11 is 0. The van der Waals surface area contributed by atoms with Gasteiger partial charge in [0.1, 0.15) is 0 Å². The fourth-order valence-corrected chi connectivity index (χ4v) is 4.18. The Morgan fingerprint density at radius 1 is 0.794 bits per heavy atom. The predicted molar refractivity (Wildman–Crippen MR) is 131 cm³/mol. The number of amides is 3. The van der Waals surface area contributed by atoms with Crippen molar-refractivity contribution in [2.75, 3.05) is 13.1 Å². The van der Waals surface area contributed by atoms with Crippen molar-refractivity contribution in [2.24, 2.45) is 0 Å². The minimum atomic E-state index is -0.286. The zero-order valence-electron chi connectivity index (χ0n) is 19.6. The second-order valence-corrected chi connectivity index (χ2v) is 8.35. The van der Waals surface area contributed by atoms with E-state index in [1.54, 1.807) is 48.5 Å². The van der Waals surface area contributed by atoms with E-state index in [1.165, 1.54) is 10.5 Å². The van der Waals surface area contributed by atoms with Gasteiger partial charge in [-0.25, -0.2) is 0 Å². The van der Waals surface area contributed by atoms with Gasteiger partial charge < -0.3 is 5.32 Å². The SMILES string of the molecule is CCN(CC)Cc1ccccc1CNC(=O)c1ccc(CN2C(=O)c3ccccc3C2=O)cc1. The third kappa shape index (κ3) is 4.92. The lowest BCUT2D eigenvalue weighted by molar-refractivity contribution is 0.0641. The molecule has 0 saturated heterocycles. The van der Waals surface area contributed by atoms with Crippen LogP contribution in [0.15, 0.2) is 72.8 Å². The summed E-state index contributed by atoms with van der Waals surface area (Å²) in [6.07, 6.45) is 0. The number of nitrogens with zero attached hydrogens (tertiary/aromatic N) is 2. The highest BCUT2D eigenvalue weighted by Crippen LogP contribution is 2.24. The number of carbonyl (C=O) groups excluding carboxylic acids is 3. The Bertz CT molecular complexity index is 1160. The Morgan fingerprint density at radius 2 is 1.35 bits per heavy atom. The normalized spacial score (nSPS) is 12.9. The Kier molecular flexibility index (Phi) is 7.18. The number of imide groups is 1. The molecule has 3 aromatic rings. The van der Waals surface area contributed by atoms with E-state index in [9.17, 15) is 14.4 Å². The third-order valence-electron chi connectivity index (χ3n) is 6.28. The Labute approximate surface area is 200 Å². The average Bonchev–Trinajstić information content (AvgIpc) is 3.11. The van der Waals surface area contributed by atoms with Gasteiger partial charge in [0.25, 0.3) is 17.7 Å². The molecule has 0 unspecified atom stereocenters. The summed E-state index contributed by atoms with van der Waals surface area (Å²) in [5.74, 6) is -0.735. The molecule has 6 heteroatoms. The molecule has 34 heavy (non-hydrogen) atoms. The lowest BCUT2D eigenvalue weighted by Gasteiger charge is -2.20. The van der Waals surface area contributed by atoms with Gasteiger partial charge in [-0.05, 0) is 54.0 Å². The maximum atomic E-state index is 12.7. The molecule has 0 fully saturated rings. The number of nitrogens with one attached hydrogen (secondary N) is 1. The first-order valence-electron chi connectivity index (χ1n) is 11.6. The lowest BCUT2D eigenvalue weighted by atomic mass is 10.1. The highest BCUT2D eigenvalue weighted by molar-refractivity contribution is 6.21. The molecule has 4 rings (SSSR count). The van der Waals surface area contributed by atoms with Crippen molar-refractivity contribution in [3.05, 3.63) is 106 Å². The van der Waals surface area contributed by atoms with Gasteiger partial charge in [0.15, 0.2) is 0 Å². The van der Waals surface area contributed by atoms with Crippen LogP contribution in [-0.4, -0.2) is 40.6 Å². The number of hydrogen-bond acceptors (Lipinski definition) is 4. The summed E-state index contributed by atoms with van der Waals surface area (Å²) in [5, 5.41) is 3.01. The van der Waals surface area contributed by atoms with E-state index in [0.29, 0.717) is 23.2 Å². The van der Waals surface area contributed by atoms with Crippen molar-refractivity contribution in [1.82, 2.24) is 15.1 Å². The van der Waals surface area contributed by atoms with Crippen LogP contribution in [0.3, 0.4) is 0 Å². The maximum absolute atomic E-state index is 12.7. The molecule has 0 bridgehead atoms. The van der Waals surface area contributed by atoms with Crippen LogP contribution in [0, 0.1) is 0 Å². The summed E-state index contributed by atoms with van der Waals surface area (Å²) in [6, 6.07) is 22.0. The van der Waals surface area contributed by atoms with Crippen LogP contribution in [0.4, 0.5) is 0 Å². The smallest absolute Gasteiger partial charge is 0.261 e. The van der Waals surface area contributed by atoms with Gasteiger partial charge in [-0.2, -0.15) is 0 Å². The number of hydrogen-bond donors (Lipinski definition) is 1. The largest absolute Gasteiger partial charge is 0.348 e. The minimum Gasteiger partial charge on any atom is -0.348 e. The van der Waals surface area contributed by atoms with Gasteiger partial charge in [0.2, 0.25) is 0 Å². The summed E-state index contributed by atoms with van der Waals surface area (Å²) < 4.78 is 0. The molecule has 174 valence electrons. The highest BCUT2D eigenvalue weighted by atomic mass is 16.2.